The summed E-state index contributed by atoms with van der Waals surface area (Å²) in [5.41, 5.74) is 8.78. The molecule has 0 aliphatic heterocycles. The fourth-order valence-corrected chi connectivity index (χ4v) is 4.63. The summed E-state index contributed by atoms with van der Waals surface area (Å²) in [7, 11) is 0. The van der Waals surface area contributed by atoms with Crippen LogP contribution in [-0.2, 0) is 6.54 Å². The van der Waals surface area contributed by atoms with Crippen LogP contribution in [-0.4, -0.2) is 46.0 Å². The Morgan fingerprint density at radius 3 is 2.62 bits per heavy atom. The lowest BCUT2D eigenvalue weighted by Crippen LogP contribution is -2.37. The van der Waals surface area contributed by atoms with Gasteiger partial charge in [-0.2, -0.15) is 5.10 Å². The highest BCUT2D eigenvalue weighted by molar-refractivity contribution is 5.98. The Hall–Kier alpha value is -5.19. The normalized spacial score (nSPS) is 11.5. The van der Waals surface area contributed by atoms with E-state index in [-0.39, 0.29) is 24.0 Å². The molecule has 0 atom stereocenters. The maximum absolute atomic E-state index is 15.3. The summed E-state index contributed by atoms with van der Waals surface area (Å²) in [6.45, 7) is 3.55. The van der Waals surface area contributed by atoms with Crippen LogP contribution in [0.1, 0.15) is 29.8 Å². The summed E-state index contributed by atoms with van der Waals surface area (Å²) >= 11 is 0. The number of rotatable bonds is 6. The number of pyridine rings is 1. The van der Waals surface area contributed by atoms with E-state index in [1.54, 1.807) is 59.9 Å². The molecule has 0 spiro atoms. The lowest BCUT2D eigenvalue weighted by atomic mass is 10.0. The van der Waals surface area contributed by atoms with Crippen molar-refractivity contribution in [3.63, 3.8) is 0 Å². The first kappa shape index (κ1) is 25.1. The lowest BCUT2D eigenvalue weighted by Gasteiger charge is -2.27. The Kier molecular flexibility index (Phi) is 6.18. The van der Waals surface area contributed by atoms with Gasteiger partial charge in [-0.1, -0.05) is 18.2 Å². The van der Waals surface area contributed by atoms with Gasteiger partial charge in [-0.15, -0.1) is 0 Å². The Bertz CT molecular complexity index is 1880. The third-order valence-corrected chi connectivity index (χ3v) is 6.77. The summed E-state index contributed by atoms with van der Waals surface area (Å²) in [6.07, 6.45) is 8.14. The molecule has 0 aliphatic carbocycles. The molecule has 0 radical (unpaired) electrons. The van der Waals surface area contributed by atoms with E-state index in [2.05, 4.69) is 20.1 Å². The zero-order valence-corrected chi connectivity index (χ0v) is 21.7. The van der Waals surface area contributed by atoms with E-state index in [0.29, 0.717) is 39.1 Å². The number of nitrogen functional groups attached to an aromatic ring is 1. The number of anilines is 1. The van der Waals surface area contributed by atoms with Crippen LogP contribution in [0.25, 0.3) is 33.5 Å². The van der Waals surface area contributed by atoms with Gasteiger partial charge in [0.2, 0.25) is 0 Å². The van der Waals surface area contributed by atoms with E-state index in [0.717, 1.165) is 0 Å². The molecule has 0 aliphatic rings. The highest BCUT2D eigenvalue weighted by atomic mass is 19.1. The second kappa shape index (κ2) is 9.84. The Balaban J connectivity index is 1.30. The molecule has 11 heteroatoms. The minimum atomic E-state index is -0.741. The molecule has 6 rings (SSSR count). The quantitative estimate of drug-likeness (QED) is 0.318. The average Bonchev–Trinajstić information content (AvgIpc) is 3.63. The predicted molar refractivity (Wildman–Crippen MR) is 147 cm³/mol. The predicted octanol–water partition coefficient (Wildman–Crippen LogP) is 5.04. The topological polar surface area (TPSA) is 107 Å². The molecule has 2 aromatic carbocycles. The first-order valence-electron chi connectivity index (χ1n) is 12.6. The number of benzene rings is 2. The van der Waals surface area contributed by atoms with Gasteiger partial charge in [-0.25, -0.2) is 28.4 Å². The van der Waals surface area contributed by atoms with E-state index in [1.165, 1.54) is 29.4 Å². The van der Waals surface area contributed by atoms with Crippen LogP contribution in [0.2, 0.25) is 0 Å². The summed E-state index contributed by atoms with van der Waals surface area (Å²) in [4.78, 5) is 27.6. The molecule has 9 nitrogen and oxygen atoms in total. The van der Waals surface area contributed by atoms with Crippen LogP contribution in [0.3, 0.4) is 0 Å². The largest absolute Gasteiger partial charge is 0.382 e. The van der Waals surface area contributed by atoms with Crippen LogP contribution < -0.4 is 5.73 Å². The monoisotopic (exact) mass is 538 g/mol. The van der Waals surface area contributed by atoms with Crippen molar-refractivity contribution in [1.29, 1.82) is 0 Å². The van der Waals surface area contributed by atoms with Crippen LogP contribution in [0.5, 0.6) is 0 Å². The first-order chi connectivity index (χ1) is 19.3. The third kappa shape index (κ3) is 4.41. The highest BCUT2D eigenvalue weighted by Crippen LogP contribution is 2.27. The maximum atomic E-state index is 15.3. The molecule has 4 heterocycles. The Morgan fingerprint density at radius 1 is 1.02 bits per heavy atom. The Labute approximate surface area is 227 Å². The summed E-state index contributed by atoms with van der Waals surface area (Å²) in [5, 5.41) is 4.32. The zero-order chi connectivity index (χ0) is 28.0. The van der Waals surface area contributed by atoms with Crippen LogP contribution >= 0.6 is 0 Å². The number of amides is 1. The van der Waals surface area contributed by atoms with Gasteiger partial charge in [0.1, 0.15) is 23.0 Å². The standard InChI is InChI=1S/C29H24F2N8O/c1-17(2)37(29(40)21-10-25-24(11-23(21)31)36-28(32)26-13-33-16-38(25)26)14-19-7-6-18(9-22(19)30)20-12-35-39(15-20)27-5-3-4-8-34-27/h3-13,15-17H,14H2,1-2H3,(H2,32,36). The van der Waals surface area contributed by atoms with E-state index in [4.69, 9.17) is 5.73 Å². The first-order valence-corrected chi connectivity index (χ1v) is 12.6. The van der Waals surface area contributed by atoms with Crippen molar-refractivity contribution in [2.75, 3.05) is 5.73 Å². The van der Waals surface area contributed by atoms with E-state index >= 15 is 8.78 Å². The van der Waals surface area contributed by atoms with Gasteiger partial charge in [0.15, 0.2) is 5.82 Å². The molecule has 0 bridgehead atoms. The fourth-order valence-electron chi connectivity index (χ4n) is 4.63. The second-order valence-corrected chi connectivity index (χ2v) is 9.66. The van der Waals surface area contributed by atoms with Crippen molar-refractivity contribution < 1.29 is 13.6 Å². The van der Waals surface area contributed by atoms with Gasteiger partial charge in [0, 0.05) is 42.2 Å². The van der Waals surface area contributed by atoms with E-state index in [1.807, 2.05) is 18.2 Å². The van der Waals surface area contributed by atoms with Gasteiger partial charge in [0.25, 0.3) is 5.91 Å². The molecular formula is C29H24F2N8O. The van der Waals surface area contributed by atoms with Crippen molar-refractivity contribution in [3.8, 4) is 16.9 Å². The maximum Gasteiger partial charge on any atom is 0.257 e. The molecule has 0 saturated carbocycles. The molecular weight excluding hydrogens is 514 g/mol. The molecule has 6 aromatic rings. The number of hydrogen-bond acceptors (Lipinski definition) is 6. The van der Waals surface area contributed by atoms with Crippen LogP contribution in [0.4, 0.5) is 14.6 Å². The Morgan fingerprint density at radius 2 is 1.88 bits per heavy atom. The van der Waals surface area contributed by atoms with Gasteiger partial charge in [-0.05, 0) is 43.7 Å². The molecule has 40 heavy (non-hydrogen) atoms. The summed E-state index contributed by atoms with van der Waals surface area (Å²) < 4.78 is 33.8. The second-order valence-electron chi connectivity index (χ2n) is 9.66. The van der Waals surface area contributed by atoms with Crippen molar-refractivity contribution in [2.45, 2.75) is 26.4 Å². The van der Waals surface area contributed by atoms with Gasteiger partial charge in [-0.3, -0.25) is 9.20 Å². The minimum absolute atomic E-state index is 0.0479. The molecule has 0 saturated heterocycles. The van der Waals surface area contributed by atoms with Crippen LogP contribution in [0, 0.1) is 11.6 Å². The number of nitrogens with two attached hydrogens (primary N) is 1. The van der Waals surface area contributed by atoms with Gasteiger partial charge >= 0.3 is 0 Å². The molecule has 1 amide bonds. The number of aromatic nitrogens is 6. The van der Waals surface area contributed by atoms with Crippen molar-refractivity contribution >= 4 is 28.3 Å². The molecule has 200 valence electrons. The fraction of sp³-hybridized carbons (Fsp3) is 0.138. The molecule has 4 aromatic heterocycles. The summed E-state index contributed by atoms with van der Waals surface area (Å²) in [5.74, 6) is -0.948. The number of fused-ring (bicyclic) bond motifs is 3. The minimum Gasteiger partial charge on any atom is -0.382 e. The van der Waals surface area contributed by atoms with Crippen LogP contribution in [0.15, 0.2) is 79.6 Å². The smallest absolute Gasteiger partial charge is 0.257 e. The van der Waals surface area contributed by atoms with E-state index in [9.17, 15) is 4.79 Å². The third-order valence-electron chi connectivity index (χ3n) is 6.77. The van der Waals surface area contributed by atoms with Gasteiger partial charge in [0.05, 0.1) is 35.3 Å². The number of carbonyl (C=O) groups is 1. The lowest BCUT2D eigenvalue weighted by molar-refractivity contribution is 0.0684. The molecule has 0 unspecified atom stereocenters. The van der Waals surface area contributed by atoms with Crippen molar-refractivity contribution in [3.05, 3.63) is 102 Å². The zero-order valence-electron chi connectivity index (χ0n) is 21.7. The number of imidazole rings is 1. The highest BCUT2D eigenvalue weighted by Gasteiger charge is 2.25. The number of hydrogen-bond donors (Lipinski definition) is 1. The van der Waals surface area contributed by atoms with Crippen molar-refractivity contribution in [2.24, 2.45) is 0 Å². The number of halogens is 2. The molecule has 2 N–H and O–H groups in total. The number of nitrogens with zero attached hydrogens (tertiary/aromatic N) is 7. The summed E-state index contributed by atoms with van der Waals surface area (Å²) in [6, 6.07) is 12.6. The number of carbonyl (C=O) groups excluding carboxylic acids is 1. The molecule has 0 fully saturated rings. The van der Waals surface area contributed by atoms with Gasteiger partial charge < -0.3 is 10.6 Å². The van der Waals surface area contributed by atoms with Crippen molar-refractivity contribution in [1.82, 2.24) is 34.0 Å². The average molecular weight is 539 g/mol. The SMILES string of the molecule is CC(C)N(Cc1ccc(-c2cnn(-c3ccccn3)c2)cc1F)C(=O)c1cc2c(cc1F)nc(N)c1cncn12. The van der Waals surface area contributed by atoms with E-state index < -0.39 is 17.5 Å².